The van der Waals surface area contributed by atoms with E-state index in [0.717, 1.165) is 30.7 Å². The van der Waals surface area contributed by atoms with Gasteiger partial charge in [0.15, 0.2) is 0 Å². The summed E-state index contributed by atoms with van der Waals surface area (Å²) in [4.78, 5) is 10.7. The van der Waals surface area contributed by atoms with Crippen molar-refractivity contribution < 1.29 is 4.39 Å². The number of fused-ring (bicyclic) bond motifs is 2. The average Bonchev–Trinajstić information content (AvgIpc) is 2.54. The molecule has 0 aliphatic carbocycles. The minimum absolute atomic E-state index is 0.298. The molecule has 104 valence electrons. The lowest BCUT2D eigenvalue weighted by molar-refractivity contribution is 0.636. The maximum Gasteiger partial charge on any atom is 0.149 e. The third kappa shape index (κ3) is 2.03. The van der Waals surface area contributed by atoms with Gasteiger partial charge in [-0.15, -0.1) is 0 Å². The second-order valence-corrected chi connectivity index (χ2v) is 5.27. The number of para-hydroxylation sites is 1. The predicted octanol–water partition coefficient (Wildman–Crippen LogP) is 3.33. The molecular formula is C17H14FN3. The van der Waals surface area contributed by atoms with Crippen molar-refractivity contribution in [2.24, 2.45) is 0 Å². The highest BCUT2D eigenvalue weighted by atomic mass is 19.1. The summed E-state index contributed by atoms with van der Waals surface area (Å²) in [5.41, 5.74) is 3.09. The third-order valence-corrected chi connectivity index (χ3v) is 4.02. The van der Waals surface area contributed by atoms with Crippen molar-refractivity contribution in [3.63, 3.8) is 0 Å². The highest BCUT2D eigenvalue weighted by Crippen LogP contribution is 2.28. The Labute approximate surface area is 122 Å². The van der Waals surface area contributed by atoms with Gasteiger partial charge in [0.05, 0.1) is 0 Å². The molecule has 0 unspecified atom stereocenters. The van der Waals surface area contributed by atoms with Crippen LogP contribution in [0.4, 0.5) is 10.2 Å². The number of anilines is 1. The van der Waals surface area contributed by atoms with Crippen molar-refractivity contribution in [3.8, 4) is 0 Å². The molecule has 2 aromatic carbocycles. The highest BCUT2D eigenvalue weighted by Gasteiger charge is 2.19. The third-order valence-electron chi connectivity index (χ3n) is 4.02. The van der Waals surface area contributed by atoms with Gasteiger partial charge >= 0.3 is 0 Å². The van der Waals surface area contributed by atoms with Crippen molar-refractivity contribution in [1.29, 1.82) is 0 Å². The molecule has 0 bridgehead atoms. The molecule has 3 nitrogen and oxygen atoms in total. The van der Waals surface area contributed by atoms with Gasteiger partial charge in [0.25, 0.3) is 0 Å². The van der Waals surface area contributed by atoms with E-state index in [9.17, 15) is 4.39 Å². The lowest BCUT2D eigenvalue weighted by Gasteiger charge is -2.30. The smallest absolute Gasteiger partial charge is 0.149 e. The fourth-order valence-electron chi connectivity index (χ4n) is 2.97. The molecular weight excluding hydrogens is 265 g/mol. The Kier molecular flexibility index (Phi) is 2.81. The van der Waals surface area contributed by atoms with E-state index in [2.05, 4.69) is 39.1 Å². The lowest BCUT2D eigenvalue weighted by Crippen LogP contribution is -2.31. The average molecular weight is 279 g/mol. The summed E-state index contributed by atoms with van der Waals surface area (Å²) in [6.45, 7) is 1.69. The first-order valence-electron chi connectivity index (χ1n) is 7.04. The summed E-state index contributed by atoms with van der Waals surface area (Å²) >= 11 is 0. The molecule has 0 radical (unpaired) electrons. The van der Waals surface area contributed by atoms with Crippen LogP contribution in [0.5, 0.6) is 0 Å². The van der Waals surface area contributed by atoms with Gasteiger partial charge < -0.3 is 4.90 Å². The van der Waals surface area contributed by atoms with E-state index < -0.39 is 0 Å². The molecule has 2 heterocycles. The second kappa shape index (κ2) is 4.81. The lowest BCUT2D eigenvalue weighted by atomic mass is 10.00. The van der Waals surface area contributed by atoms with Gasteiger partial charge in [-0.2, -0.15) is 0 Å². The Morgan fingerprint density at radius 1 is 0.952 bits per heavy atom. The van der Waals surface area contributed by atoms with E-state index in [4.69, 9.17) is 0 Å². The van der Waals surface area contributed by atoms with Gasteiger partial charge in [-0.05, 0) is 29.7 Å². The van der Waals surface area contributed by atoms with Crippen molar-refractivity contribution in [1.82, 2.24) is 9.97 Å². The topological polar surface area (TPSA) is 29.0 Å². The molecule has 1 aliphatic heterocycles. The van der Waals surface area contributed by atoms with E-state index >= 15 is 0 Å². The summed E-state index contributed by atoms with van der Waals surface area (Å²) < 4.78 is 13.9. The molecule has 0 amide bonds. The molecule has 0 saturated carbocycles. The normalized spacial score (nSPS) is 14.2. The van der Waals surface area contributed by atoms with Crippen LogP contribution in [-0.2, 0) is 13.0 Å². The molecule has 0 atom stereocenters. The molecule has 0 saturated heterocycles. The Morgan fingerprint density at radius 2 is 1.81 bits per heavy atom. The number of halogens is 1. The molecule has 0 fully saturated rings. The van der Waals surface area contributed by atoms with E-state index in [-0.39, 0.29) is 5.82 Å². The Balaban J connectivity index is 1.80. The van der Waals surface area contributed by atoms with Crippen molar-refractivity contribution in [2.75, 3.05) is 11.4 Å². The van der Waals surface area contributed by atoms with Gasteiger partial charge in [0, 0.05) is 18.5 Å². The summed E-state index contributed by atoms with van der Waals surface area (Å²) in [6, 6.07) is 13.5. The van der Waals surface area contributed by atoms with Crippen LogP contribution >= 0.6 is 0 Å². The first-order chi connectivity index (χ1) is 10.3. The van der Waals surface area contributed by atoms with E-state index in [0.29, 0.717) is 5.52 Å². The maximum atomic E-state index is 13.9. The highest BCUT2D eigenvalue weighted by molar-refractivity contribution is 5.89. The Morgan fingerprint density at radius 3 is 2.71 bits per heavy atom. The van der Waals surface area contributed by atoms with E-state index in [1.165, 1.54) is 23.5 Å². The predicted molar refractivity (Wildman–Crippen MR) is 80.7 cm³/mol. The number of nitrogens with zero attached hydrogens (tertiary/aromatic N) is 3. The zero-order chi connectivity index (χ0) is 14.2. The minimum Gasteiger partial charge on any atom is -0.351 e. The van der Waals surface area contributed by atoms with Crippen molar-refractivity contribution >= 4 is 16.7 Å². The zero-order valence-corrected chi connectivity index (χ0v) is 11.5. The Hall–Kier alpha value is -2.49. The molecule has 1 aromatic heterocycles. The summed E-state index contributed by atoms with van der Waals surface area (Å²) in [5.74, 6) is 0.516. The molecule has 1 aliphatic rings. The van der Waals surface area contributed by atoms with Crippen LogP contribution in [0.25, 0.3) is 10.9 Å². The van der Waals surface area contributed by atoms with Gasteiger partial charge in [-0.1, -0.05) is 30.3 Å². The number of rotatable bonds is 1. The van der Waals surface area contributed by atoms with Crippen molar-refractivity contribution in [2.45, 2.75) is 13.0 Å². The Bertz CT molecular complexity index is 816. The second-order valence-electron chi connectivity index (χ2n) is 5.27. The summed E-state index contributed by atoms with van der Waals surface area (Å²) in [5, 5.41) is 0.775. The van der Waals surface area contributed by atoms with Gasteiger partial charge in [0.2, 0.25) is 0 Å². The van der Waals surface area contributed by atoms with Crippen LogP contribution in [0.2, 0.25) is 0 Å². The van der Waals surface area contributed by atoms with Crippen molar-refractivity contribution in [3.05, 3.63) is 65.7 Å². The molecule has 0 spiro atoms. The van der Waals surface area contributed by atoms with E-state index in [1.54, 1.807) is 6.07 Å². The summed E-state index contributed by atoms with van der Waals surface area (Å²) in [7, 11) is 0. The van der Waals surface area contributed by atoms with Gasteiger partial charge in [-0.3, -0.25) is 0 Å². The number of aromatic nitrogens is 2. The fraction of sp³-hybridized carbons (Fsp3) is 0.176. The molecule has 0 N–H and O–H groups in total. The van der Waals surface area contributed by atoms with Crippen LogP contribution in [0.1, 0.15) is 11.1 Å². The zero-order valence-electron chi connectivity index (χ0n) is 11.5. The summed E-state index contributed by atoms with van der Waals surface area (Å²) in [6.07, 6.45) is 2.43. The number of benzene rings is 2. The number of hydrogen-bond acceptors (Lipinski definition) is 3. The monoisotopic (exact) mass is 279 g/mol. The van der Waals surface area contributed by atoms with Crippen LogP contribution < -0.4 is 4.90 Å². The van der Waals surface area contributed by atoms with Crippen LogP contribution in [0.3, 0.4) is 0 Å². The fourth-order valence-corrected chi connectivity index (χ4v) is 2.97. The van der Waals surface area contributed by atoms with Crippen LogP contribution in [0.15, 0.2) is 48.8 Å². The number of hydrogen-bond donors (Lipinski definition) is 0. The first-order valence-corrected chi connectivity index (χ1v) is 7.04. The molecule has 3 aromatic rings. The first kappa shape index (κ1) is 12.3. The molecule has 4 rings (SSSR count). The van der Waals surface area contributed by atoms with Crippen LogP contribution in [-0.4, -0.2) is 16.5 Å². The van der Waals surface area contributed by atoms with Crippen LogP contribution in [0, 0.1) is 5.82 Å². The van der Waals surface area contributed by atoms with E-state index in [1.807, 2.05) is 6.07 Å². The largest absolute Gasteiger partial charge is 0.351 e. The molecule has 21 heavy (non-hydrogen) atoms. The molecule has 4 heteroatoms. The maximum absolute atomic E-state index is 13.9. The minimum atomic E-state index is -0.298. The van der Waals surface area contributed by atoms with Gasteiger partial charge in [-0.25, -0.2) is 14.4 Å². The SMILES string of the molecule is Fc1cccc2c(N3CCc4ccccc4C3)ncnc12. The standard InChI is InChI=1S/C17H14FN3/c18-15-7-3-6-14-16(15)19-11-20-17(14)21-9-8-12-4-1-2-5-13(12)10-21/h1-7,11H,8-10H2. The van der Waals surface area contributed by atoms with Gasteiger partial charge in [0.1, 0.15) is 23.5 Å². The quantitative estimate of drug-likeness (QED) is 0.684.